The Kier molecular flexibility index (Phi) is 6.92. The summed E-state index contributed by atoms with van der Waals surface area (Å²) in [5.41, 5.74) is 6.86. The Balaban J connectivity index is 3.03. The van der Waals surface area contributed by atoms with Crippen LogP contribution in [0.4, 0.5) is 0 Å². The van der Waals surface area contributed by atoms with E-state index in [0.29, 0.717) is 18.0 Å². The smallest absolute Gasteiger partial charge is 0.165 e. The molecule has 0 aromatic heterocycles. The first-order chi connectivity index (χ1) is 9.71. The molecule has 0 aliphatic heterocycles. The Morgan fingerprint density at radius 1 is 1.35 bits per heavy atom. The number of ether oxygens (including phenoxy) is 2. The molecule has 0 spiro atoms. The minimum Gasteiger partial charge on any atom is -0.493 e. The van der Waals surface area contributed by atoms with Crippen LogP contribution in [0.3, 0.4) is 0 Å². The highest BCUT2D eigenvalue weighted by atomic mass is 16.5. The van der Waals surface area contributed by atoms with Crippen LogP contribution in [0.5, 0.6) is 11.5 Å². The molecule has 4 nitrogen and oxygen atoms in total. The fraction of sp³-hybridized carbons (Fsp3) is 0.500. The van der Waals surface area contributed by atoms with E-state index in [9.17, 15) is 0 Å². The van der Waals surface area contributed by atoms with E-state index in [1.807, 2.05) is 18.2 Å². The second kappa shape index (κ2) is 8.47. The van der Waals surface area contributed by atoms with Crippen LogP contribution in [0.1, 0.15) is 31.4 Å². The first kappa shape index (κ1) is 16.4. The van der Waals surface area contributed by atoms with Crippen molar-refractivity contribution in [3.05, 3.63) is 23.8 Å². The van der Waals surface area contributed by atoms with Crippen LogP contribution in [0.25, 0.3) is 0 Å². The molecule has 4 heteroatoms. The molecular weight excluding hydrogens is 252 g/mol. The summed E-state index contributed by atoms with van der Waals surface area (Å²) in [7, 11) is 3.24. The van der Waals surface area contributed by atoms with Crippen molar-refractivity contribution in [3.63, 3.8) is 0 Å². The molecule has 1 rings (SSSR count). The molecule has 0 heterocycles. The summed E-state index contributed by atoms with van der Waals surface area (Å²) in [4.78, 5) is 0. The lowest BCUT2D eigenvalue weighted by atomic mass is 10.0. The van der Waals surface area contributed by atoms with Gasteiger partial charge in [-0.3, -0.25) is 5.32 Å². The number of benzene rings is 1. The van der Waals surface area contributed by atoms with Crippen LogP contribution in [0.15, 0.2) is 18.2 Å². The van der Waals surface area contributed by atoms with Gasteiger partial charge in [0.15, 0.2) is 11.5 Å². The maximum atomic E-state index is 5.89. The summed E-state index contributed by atoms with van der Waals surface area (Å²) in [5.74, 6) is 4.16. The molecule has 0 aliphatic rings. The van der Waals surface area contributed by atoms with E-state index < -0.39 is 0 Å². The quantitative estimate of drug-likeness (QED) is 0.714. The second-order valence-electron chi connectivity index (χ2n) is 4.55. The molecular formula is C16H24N2O2. The lowest BCUT2D eigenvalue weighted by Crippen LogP contribution is -2.36. The van der Waals surface area contributed by atoms with Crippen molar-refractivity contribution in [1.29, 1.82) is 0 Å². The van der Waals surface area contributed by atoms with Crippen LogP contribution in [-0.2, 0) is 0 Å². The van der Waals surface area contributed by atoms with Crippen molar-refractivity contribution < 1.29 is 9.47 Å². The van der Waals surface area contributed by atoms with Crippen LogP contribution in [0.2, 0.25) is 0 Å². The molecule has 0 amide bonds. The Morgan fingerprint density at radius 2 is 2.10 bits per heavy atom. The third kappa shape index (κ3) is 3.89. The molecule has 110 valence electrons. The van der Waals surface area contributed by atoms with E-state index in [4.69, 9.17) is 21.6 Å². The topological polar surface area (TPSA) is 56.5 Å². The van der Waals surface area contributed by atoms with Crippen molar-refractivity contribution >= 4 is 0 Å². The molecule has 0 aliphatic carbocycles. The zero-order valence-corrected chi connectivity index (χ0v) is 12.5. The summed E-state index contributed by atoms with van der Waals surface area (Å²) in [6, 6.07) is 5.70. The summed E-state index contributed by atoms with van der Waals surface area (Å²) < 4.78 is 10.8. The van der Waals surface area contributed by atoms with Crippen molar-refractivity contribution in [2.75, 3.05) is 20.8 Å². The minimum absolute atomic E-state index is 0.00413. The molecule has 0 saturated heterocycles. The third-order valence-electron chi connectivity index (χ3n) is 3.23. The average molecular weight is 276 g/mol. The maximum Gasteiger partial charge on any atom is 0.165 e. The van der Waals surface area contributed by atoms with Crippen LogP contribution < -0.4 is 20.5 Å². The van der Waals surface area contributed by atoms with Gasteiger partial charge in [0.1, 0.15) is 0 Å². The van der Waals surface area contributed by atoms with Gasteiger partial charge in [-0.1, -0.05) is 31.4 Å². The normalized spacial score (nSPS) is 13.3. The standard InChI is InChI=1S/C16H24N2O2/c1-5-8-12(6-2)18-14(11-17)13-9-7-10-15(19-3)16(13)20-4/h2,7,9-10,12,14,18H,5,8,11,17H2,1,3-4H3. The summed E-state index contributed by atoms with van der Waals surface area (Å²) in [6.07, 6.45) is 7.50. The summed E-state index contributed by atoms with van der Waals surface area (Å²) >= 11 is 0. The Morgan fingerprint density at radius 3 is 2.60 bits per heavy atom. The summed E-state index contributed by atoms with van der Waals surface area (Å²) in [5, 5.41) is 3.40. The van der Waals surface area contributed by atoms with E-state index in [-0.39, 0.29) is 12.1 Å². The van der Waals surface area contributed by atoms with Gasteiger partial charge in [-0.2, -0.15) is 0 Å². The molecule has 2 atom stereocenters. The highest BCUT2D eigenvalue weighted by Crippen LogP contribution is 2.34. The highest BCUT2D eigenvalue weighted by molar-refractivity contribution is 5.48. The number of hydrogen-bond acceptors (Lipinski definition) is 4. The van der Waals surface area contributed by atoms with Gasteiger partial charge < -0.3 is 15.2 Å². The van der Waals surface area contributed by atoms with E-state index in [2.05, 4.69) is 18.2 Å². The Hall–Kier alpha value is -1.70. The van der Waals surface area contributed by atoms with Crippen molar-refractivity contribution in [3.8, 4) is 23.8 Å². The number of hydrogen-bond donors (Lipinski definition) is 2. The van der Waals surface area contributed by atoms with E-state index in [1.165, 1.54) is 0 Å². The molecule has 0 saturated carbocycles. The van der Waals surface area contributed by atoms with Crippen molar-refractivity contribution in [1.82, 2.24) is 5.32 Å². The summed E-state index contributed by atoms with van der Waals surface area (Å²) in [6.45, 7) is 2.54. The zero-order valence-electron chi connectivity index (χ0n) is 12.5. The monoisotopic (exact) mass is 276 g/mol. The largest absolute Gasteiger partial charge is 0.493 e. The van der Waals surface area contributed by atoms with Crippen LogP contribution >= 0.6 is 0 Å². The molecule has 1 aromatic rings. The second-order valence-corrected chi connectivity index (χ2v) is 4.55. The van der Waals surface area contributed by atoms with Gasteiger partial charge in [0, 0.05) is 18.2 Å². The molecule has 1 aromatic carbocycles. The fourth-order valence-electron chi connectivity index (χ4n) is 2.22. The van der Waals surface area contributed by atoms with Crippen molar-refractivity contribution in [2.45, 2.75) is 31.8 Å². The predicted octanol–water partition coefficient (Wildman–Crippen LogP) is 2.10. The number of nitrogens with one attached hydrogen (secondary N) is 1. The molecule has 2 unspecified atom stereocenters. The highest BCUT2D eigenvalue weighted by Gasteiger charge is 2.20. The third-order valence-corrected chi connectivity index (χ3v) is 3.23. The van der Waals surface area contributed by atoms with Gasteiger partial charge in [-0.05, 0) is 12.5 Å². The molecule has 0 bridgehead atoms. The van der Waals surface area contributed by atoms with Gasteiger partial charge in [-0.15, -0.1) is 6.42 Å². The van der Waals surface area contributed by atoms with E-state index >= 15 is 0 Å². The first-order valence-electron chi connectivity index (χ1n) is 6.84. The van der Waals surface area contributed by atoms with Gasteiger partial charge >= 0.3 is 0 Å². The van der Waals surface area contributed by atoms with Crippen molar-refractivity contribution in [2.24, 2.45) is 5.73 Å². The molecule has 0 radical (unpaired) electrons. The molecule has 20 heavy (non-hydrogen) atoms. The van der Waals surface area contributed by atoms with Gasteiger partial charge in [0.25, 0.3) is 0 Å². The number of nitrogens with two attached hydrogens (primary N) is 1. The number of terminal acetylenes is 1. The molecule has 3 N–H and O–H groups in total. The number of methoxy groups -OCH3 is 2. The van der Waals surface area contributed by atoms with Crippen LogP contribution in [0, 0.1) is 12.3 Å². The zero-order chi connectivity index (χ0) is 15.0. The minimum atomic E-state index is -0.0624. The van der Waals surface area contributed by atoms with Gasteiger partial charge in [0.05, 0.1) is 20.3 Å². The van der Waals surface area contributed by atoms with Crippen LogP contribution in [-0.4, -0.2) is 26.8 Å². The lowest BCUT2D eigenvalue weighted by molar-refractivity contribution is 0.345. The Labute approximate surface area is 121 Å². The maximum absolute atomic E-state index is 5.89. The van der Waals surface area contributed by atoms with Gasteiger partial charge in [-0.25, -0.2) is 0 Å². The van der Waals surface area contributed by atoms with E-state index in [1.54, 1.807) is 14.2 Å². The number of para-hydroxylation sites is 1. The SMILES string of the molecule is C#CC(CCC)NC(CN)c1cccc(OC)c1OC. The fourth-order valence-corrected chi connectivity index (χ4v) is 2.22. The lowest BCUT2D eigenvalue weighted by Gasteiger charge is -2.24. The Bertz CT molecular complexity index is 454. The predicted molar refractivity (Wildman–Crippen MR) is 82.0 cm³/mol. The molecule has 0 fully saturated rings. The number of rotatable bonds is 8. The first-order valence-corrected chi connectivity index (χ1v) is 6.84. The average Bonchev–Trinajstić information content (AvgIpc) is 2.50. The van der Waals surface area contributed by atoms with Gasteiger partial charge in [0.2, 0.25) is 0 Å². The van der Waals surface area contributed by atoms with E-state index in [0.717, 1.165) is 18.4 Å².